The normalized spacial score (nSPS) is 12.3. The molecule has 2 aromatic heterocycles. The number of hydrogen-bond donors (Lipinski definition) is 2. The van der Waals surface area contributed by atoms with E-state index in [1.54, 1.807) is 30.0 Å². The smallest absolute Gasteiger partial charge is 0.277 e. The first-order valence-corrected chi connectivity index (χ1v) is 19.9. The van der Waals surface area contributed by atoms with E-state index in [2.05, 4.69) is 80.0 Å². The van der Waals surface area contributed by atoms with Crippen molar-refractivity contribution in [2.75, 3.05) is 26.0 Å². The lowest BCUT2D eigenvalue weighted by Gasteiger charge is -2.17. The second-order valence-electron chi connectivity index (χ2n) is 13.9. The molecule has 1 unspecified atom stereocenters. The number of allylic oxidation sites excluding steroid dienone is 2. The third-order valence-electron chi connectivity index (χ3n) is 9.61. The Hall–Kier alpha value is -5.40. The number of nitrogens with zero attached hydrogens (tertiary/aromatic N) is 3. The van der Waals surface area contributed by atoms with Crippen molar-refractivity contribution in [2.45, 2.75) is 85.6 Å². The van der Waals surface area contributed by atoms with E-state index >= 15 is 0 Å². The zero-order valence-corrected chi connectivity index (χ0v) is 34.6. The number of nitrogens with one attached hydrogen (secondary N) is 2. The zero-order chi connectivity index (χ0) is 40.7. The van der Waals surface area contributed by atoms with E-state index in [1.807, 2.05) is 86.2 Å². The highest BCUT2D eigenvalue weighted by atomic mass is 19.1. The van der Waals surface area contributed by atoms with Crippen molar-refractivity contribution in [1.29, 1.82) is 0 Å². The number of likely N-dealkylation sites (N-methyl/N-ethyl adjacent to an activating group) is 1. The average Bonchev–Trinajstić information content (AvgIpc) is 3.22. The molecule has 6 nitrogen and oxygen atoms in total. The van der Waals surface area contributed by atoms with Crippen molar-refractivity contribution in [3.05, 3.63) is 160 Å². The number of hydrogen-bond acceptors (Lipinski definition) is 5. The zero-order valence-electron chi connectivity index (χ0n) is 34.6. The molecule has 0 radical (unpaired) electrons. The van der Waals surface area contributed by atoms with E-state index in [1.165, 1.54) is 47.6 Å². The summed E-state index contributed by atoms with van der Waals surface area (Å²) in [7, 11) is 3.71. The molecule has 6 rings (SSSR count). The van der Waals surface area contributed by atoms with Gasteiger partial charge in [0, 0.05) is 43.7 Å². The van der Waals surface area contributed by atoms with Crippen molar-refractivity contribution >= 4 is 17.8 Å². The summed E-state index contributed by atoms with van der Waals surface area (Å²) in [5, 5.41) is 6.08. The quantitative estimate of drug-likeness (QED) is 0.124. The van der Waals surface area contributed by atoms with Gasteiger partial charge in [-0.15, -0.1) is 0 Å². The van der Waals surface area contributed by atoms with Crippen LogP contribution in [0.2, 0.25) is 0 Å². The van der Waals surface area contributed by atoms with Crippen LogP contribution in [0.3, 0.4) is 0 Å². The van der Waals surface area contributed by atoms with Crippen LogP contribution in [0, 0.1) is 5.82 Å². The Morgan fingerprint density at radius 3 is 2.12 bits per heavy atom. The van der Waals surface area contributed by atoms with Gasteiger partial charge in [-0.1, -0.05) is 149 Å². The fraction of sp³-hybridized carbons (Fsp3) is 0.327. The summed E-state index contributed by atoms with van der Waals surface area (Å²) in [5.41, 5.74) is 9.21. The predicted octanol–water partition coefficient (Wildman–Crippen LogP) is 12.2. The van der Waals surface area contributed by atoms with Gasteiger partial charge in [-0.25, -0.2) is 9.37 Å². The van der Waals surface area contributed by atoms with E-state index in [0.29, 0.717) is 23.7 Å². The van der Waals surface area contributed by atoms with E-state index < -0.39 is 0 Å². The maximum atomic E-state index is 13.7. The van der Waals surface area contributed by atoms with E-state index in [-0.39, 0.29) is 11.4 Å². The van der Waals surface area contributed by atoms with Crippen LogP contribution in [0.4, 0.5) is 10.1 Å². The fourth-order valence-corrected chi connectivity index (χ4v) is 5.77. The average molecular weight is 756 g/mol. The van der Waals surface area contributed by atoms with Gasteiger partial charge < -0.3 is 10.6 Å². The van der Waals surface area contributed by atoms with Crippen LogP contribution in [-0.2, 0) is 6.54 Å². The van der Waals surface area contributed by atoms with E-state index in [9.17, 15) is 9.18 Å². The van der Waals surface area contributed by atoms with Crippen LogP contribution in [0.25, 0.3) is 34.7 Å². The molecule has 1 atom stereocenters. The molecule has 7 heteroatoms. The van der Waals surface area contributed by atoms with Crippen LogP contribution in [0.5, 0.6) is 0 Å². The summed E-state index contributed by atoms with van der Waals surface area (Å²) in [6.07, 6.45) is 18.9. The topological polar surface area (TPSA) is 71.8 Å². The molecular weight excluding hydrogens is 694 g/mol. The van der Waals surface area contributed by atoms with E-state index in [0.717, 1.165) is 48.3 Å². The molecule has 1 saturated carbocycles. The molecule has 0 aliphatic heterocycles. The highest BCUT2D eigenvalue weighted by Gasteiger charge is 2.13. The van der Waals surface area contributed by atoms with Gasteiger partial charge in [-0.05, 0) is 80.0 Å². The lowest BCUT2D eigenvalue weighted by atomic mass is 9.92. The van der Waals surface area contributed by atoms with Crippen LogP contribution in [-0.4, -0.2) is 35.2 Å². The fourth-order valence-electron chi connectivity index (χ4n) is 5.77. The Balaban J connectivity index is 0.000000218. The highest BCUT2D eigenvalue weighted by Crippen LogP contribution is 2.26. The second kappa shape index (κ2) is 24.9. The Morgan fingerprint density at radius 2 is 1.59 bits per heavy atom. The molecule has 1 aliphatic rings. The van der Waals surface area contributed by atoms with Crippen molar-refractivity contribution in [1.82, 2.24) is 19.9 Å². The van der Waals surface area contributed by atoms with Crippen LogP contribution in [0.1, 0.15) is 95.8 Å². The number of benzene rings is 3. The lowest BCUT2D eigenvalue weighted by Crippen LogP contribution is -2.25. The first-order chi connectivity index (χ1) is 27.2. The van der Waals surface area contributed by atoms with Crippen LogP contribution in [0.15, 0.2) is 132 Å². The summed E-state index contributed by atoms with van der Waals surface area (Å²) in [4.78, 5) is 21.2. The summed E-state index contributed by atoms with van der Waals surface area (Å²) in [6.45, 7) is 16.1. The number of rotatable bonds is 12. The van der Waals surface area contributed by atoms with Crippen molar-refractivity contribution < 1.29 is 4.39 Å². The monoisotopic (exact) mass is 755 g/mol. The molecule has 1 fully saturated rings. The first-order valence-electron chi connectivity index (χ1n) is 19.9. The molecule has 0 spiro atoms. The van der Waals surface area contributed by atoms with Crippen molar-refractivity contribution in [2.24, 2.45) is 0 Å². The molecule has 56 heavy (non-hydrogen) atoms. The molecule has 0 saturated heterocycles. The molecule has 0 amide bonds. The summed E-state index contributed by atoms with van der Waals surface area (Å²) in [5.74, 6) is 1.10. The van der Waals surface area contributed by atoms with Gasteiger partial charge in [-0.3, -0.25) is 14.3 Å². The minimum absolute atomic E-state index is 0.0254. The van der Waals surface area contributed by atoms with E-state index in [4.69, 9.17) is 0 Å². The maximum Gasteiger partial charge on any atom is 0.277 e. The highest BCUT2D eigenvalue weighted by molar-refractivity contribution is 5.66. The standard InChI is InChI=1S/C17H19N3O.C14H11F.C14H22N2.C4H10/c1-18-15-12-19-16(14-8-3-2-4-9-14)20(17(15)21)11-10-13-6-5-7-13;1-2-11-8-9-13(14(15)10-11)12-6-4-3-5-7-12;1-5-12(3)14-6-7-16-10-13(14)8-11(2)9-15-4;1-3-4-2/h2-4,8-10,12,18H,5-7,11H2,1H3;2-10H,1H2;6-8,10,12,15H,5,9H2,1-4H3;3-4H2,1-2H3/b;;11-8+;. The van der Waals surface area contributed by atoms with Gasteiger partial charge in [0.15, 0.2) is 0 Å². The minimum Gasteiger partial charge on any atom is -0.382 e. The number of pyridine rings is 1. The molecule has 3 aromatic carbocycles. The van der Waals surface area contributed by atoms with Crippen LogP contribution < -0.4 is 16.2 Å². The maximum absolute atomic E-state index is 13.7. The summed E-state index contributed by atoms with van der Waals surface area (Å²) >= 11 is 0. The van der Waals surface area contributed by atoms with Gasteiger partial charge in [0.1, 0.15) is 17.3 Å². The number of unbranched alkanes of at least 4 members (excludes halogenated alkanes) is 1. The molecule has 2 heterocycles. The van der Waals surface area contributed by atoms with Crippen LogP contribution >= 0.6 is 0 Å². The van der Waals surface area contributed by atoms with Gasteiger partial charge >= 0.3 is 0 Å². The Morgan fingerprint density at radius 1 is 0.929 bits per heavy atom. The number of aromatic nitrogens is 3. The SMILES string of the molecule is C=Cc1ccc(-c2ccccc2)c(F)c1.CCC(C)c1ccncc1/C=C(\C)CNC.CCCC.CNc1cnc(-c2ccccc2)n(CC=C2CCC2)c1=O. The molecule has 5 aromatic rings. The number of anilines is 1. The molecule has 2 N–H and O–H groups in total. The van der Waals surface area contributed by atoms with Gasteiger partial charge in [-0.2, -0.15) is 0 Å². The summed E-state index contributed by atoms with van der Waals surface area (Å²) < 4.78 is 15.4. The van der Waals surface area contributed by atoms with Crippen molar-refractivity contribution in [3.63, 3.8) is 0 Å². The minimum atomic E-state index is -0.210. The van der Waals surface area contributed by atoms with Gasteiger partial charge in [0.2, 0.25) is 0 Å². The third-order valence-corrected chi connectivity index (χ3v) is 9.61. The Kier molecular flexibility index (Phi) is 20.0. The van der Waals surface area contributed by atoms with Gasteiger partial charge in [0.05, 0.1) is 6.20 Å². The predicted molar refractivity (Wildman–Crippen MR) is 238 cm³/mol. The lowest BCUT2D eigenvalue weighted by molar-refractivity contribution is 0.631. The first kappa shape index (κ1) is 45.0. The molecule has 0 bridgehead atoms. The summed E-state index contributed by atoms with van der Waals surface area (Å²) in [6, 6.07) is 26.6. The number of halogens is 1. The largest absolute Gasteiger partial charge is 0.382 e. The molecule has 1 aliphatic carbocycles. The Labute approximate surface area is 335 Å². The second-order valence-corrected chi connectivity index (χ2v) is 13.9. The third kappa shape index (κ3) is 14.0. The molecular formula is C49H62FN5O. The van der Waals surface area contributed by atoms with Gasteiger partial charge in [0.25, 0.3) is 5.56 Å². The molecule has 296 valence electrons. The van der Waals surface area contributed by atoms with Crippen molar-refractivity contribution in [3.8, 4) is 22.5 Å². The Bertz CT molecular complexity index is 2030.